The summed E-state index contributed by atoms with van der Waals surface area (Å²) in [5.74, 6) is 0.679. The summed E-state index contributed by atoms with van der Waals surface area (Å²) >= 11 is 12.0. The first kappa shape index (κ1) is 17.3. The standard InChI is InChI=1S/C18H15Cl2N3O2/c1-11-13(7-6-12-5-3-4-8-21-12)18(23(2)22-11)25-17-10-16(24)14(19)9-15(17)20/h3-10,24H,1-2H3/b7-6+. The summed E-state index contributed by atoms with van der Waals surface area (Å²) in [5, 5.41) is 14.6. The molecule has 3 rings (SSSR count). The Morgan fingerprint density at radius 1 is 1.16 bits per heavy atom. The van der Waals surface area contributed by atoms with Gasteiger partial charge in [0.1, 0.15) is 5.75 Å². The largest absolute Gasteiger partial charge is 0.506 e. The van der Waals surface area contributed by atoms with E-state index < -0.39 is 0 Å². The number of rotatable bonds is 4. The molecule has 2 aromatic heterocycles. The van der Waals surface area contributed by atoms with E-state index in [2.05, 4.69) is 10.1 Å². The number of ether oxygens (including phenoxy) is 1. The number of hydrogen-bond acceptors (Lipinski definition) is 4. The predicted octanol–water partition coefficient (Wildman–Crippen LogP) is 5.10. The van der Waals surface area contributed by atoms with E-state index in [4.69, 9.17) is 27.9 Å². The highest BCUT2D eigenvalue weighted by Gasteiger charge is 2.16. The number of hydrogen-bond donors (Lipinski definition) is 1. The van der Waals surface area contributed by atoms with Crippen LogP contribution >= 0.6 is 23.2 Å². The second-order valence-corrected chi connectivity index (χ2v) is 6.17. The quantitative estimate of drug-likeness (QED) is 0.688. The van der Waals surface area contributed by atoms with Crippen LogP contribution in [0.1, 0.15) is 17.0 Å². The van der Waals surface area contributed by atoms with E-state index in [-0.39, 0.29) is 10.8 Å². The first-order valence-electron chi connectivity index (χ1n) is 7.44. The molecule has 0 aliphatic carbocycles. The van der Waals surface area contributed by atoms with Gasteiger partial charge in [-0.3, -0.25) is 4.98 Å². The molecule has 0 unspecified atom stereocenters. The summed E-state index contributed by atoms with van der Waals surface area (Å²) in [6.45, 7) is 1.88. The van der Waals surface area contributed by atoms with E-state index >= 15 is 0 Å². The van der Waals surface area contributed by atoms with E-state index in [0.717, 1.165) is 17.0 Å². The molecule has 0 atom stereocenters. The maximum absolute atomic E-state index is 9.78. The van der Waals surface area contributed by atoms with Crippen LogP contribution in [0.15, 0.2) is 36.5 Å². The predicted molar refractivity (Wildman–Crippen MR) is 99.3 cm³/mol. The van der Waals surface area contributed by atoms with Gasteiger partial charge in [-0.2, -0.15) is 5.10 Å². The fourth-order valence-electron chi connectivity index (χ4n) is 2.31. The van der Waals surface area contributed by atoms with Crippen molar-refractivity contribution in [2.24, 2.45) is 7.05 Å². The Labute approximate surface area is 155 Å². The molecule has 0 amide bonds. The van der Waals surface area contributed by atoms with Crippen molar-refractivity contribution in [3.8, 4) is 17.4 Å². The molecule has 0 aliphatic heterocycles. The smallest absolute Gasteiger partial charge is 0.225 e. The zero-order chi connectivity index (χ0) is 18.0. The Morgan fingerprint density at radius 2 is 1.96 bits per heavy atom. The molecule has 5 nitrogen and oxygen atoms in total. The monoisotopic (exact) mass is 375 g/mol. The van der Waals surface area contributed by atoms with Crippen molar-refractivity contribution in [2.75, 3.05) is 0 Å². The Balaban J connectivity index is 1.97. The van der Waals surface area contributed by atoms with Gasteiger partial charge in [0, 0.05) is 19.3 Å². The van der Waals surface area contributed by atoms with E-state index in [1.54, 1.807) is 17.9 Å². The number of nitrogens with zero attached hydrogens (tertiary/aromatic N) is 3. The minimum atomic E-state index is -0.106. The highest BCUT2D eigenvalue weighted by molar-refractivity contribution is 6.36. The molecule has 0 saturated heterocycles. The number of phenols is 1. The van der Waals surface area contributed by atoms with Gasteiger partial charge in [-0.25, -0.2) is 4.68 Å². The molecule has 1 N–H and O–H groups in total. The number of phenolic OH excluding ortho intramolecular Hbond substituents is 1. The number of halogens is 2. The second-order valence-electron chi connectivity index (χ2n) is 5.35. The molecule has 0 radical (unpaired) electrons. The van der Waals surface area contributed by atoms with Gasteiger partial charge in [0.2, 0.25) is 5.88 Å². The van der Waals surface area contributed by atoms with E-state index in [0.29, 0.717) is 16.7 Å². The molecule has 3 aromatic rings. The summed E-state index contributed by atoms with van der Waals surface area (Å²) in [4.78, 5) is 4.26. The number of pyridine rings is 1. The van der Waals surface area contributed by atoms with Gasteiger partial charge in [-0.05, 0) is 37.3 Å². The molecule has 0 fully saturated rings. The maximum Gasteiger partial charge on any atom is 0.225 e. The van der Waals surface area contributed by atoms with Gasteiger partial charge in [0.05, 0.1) is 27.0 Å². The number of aryl methyl sites for hydroxylation is 2. The van der Waals surface area contributed by atoms with Crippen LogP contribution in [0, 0.1) is 6.92 Å². The number of aromatic nitrogens is 3. The van der Waals surface area contributed by atoms with Gasteiger partial charge in [0.25, 0.3) is 0 Å². The summed E-state index contributed by atoms with van der Waals surface area (Å²) in [5.41, 5.74) is 2.40. The summed E-state index contributed by atoms with van der Waals surface area (Å²) in [7, 11) is 1.77. The van der Waals surface area contributed by atoms with Crippen molar-refractivity contribution < 1.29 is 9.84 Å². The normalized spacial score (nSPS) is 11.2. The van der Waals surface area contributed by atoms with E-state index in [9.17, 15) is 5.11 Å². The molecule has 0 saturated carbocycles. The van der Waals surface area contributed by atoms with Crippen molar-refractivity contribution >= 4 is 35.4 Å². The average molecular weight is 376 g/mol. The van der Waals surface area contributed by atoms with Gasteiger partial charge in [-0.15, -0.1) is 0 Å². The summed E-state index contributed by atoms with van der Waals surface area (Å²) in [6.07, 6.45) is 5.48. The molecule has 25 heavy (non-hydrogen) atoms. The molecule has 128 valence electrons. The molecular formula is C18H15Cl2N3O2. The molecular weight excluding hydrogens is 361 g/mol. The fraction of sp³-hybridized carbons (Fsp3) is 0.111. The first-order valence-corrected chi connectivity index (χ1v) is 8.20. The lowest BCUT2D eigenvalue weighted by molar-refractivity contribution is 0.422. The lowest BCUT2D eigenvalue weighted by Crippen LogP contribution is -1.96. The topological polar surface area (TPSA) is 60.2 Å². The summed E-state index contributed by atoms with van der Waals surface area (Å²) < 4.78 is 7.50. The lowest BCUT2D eigenvalue weighted by atomic mass is 10.2. The highest BCUT2D eigenvalue weighted by atomic mass is 35.5. The first-order chi connectivity index (χ1) is 12.0. The zero-order valence-corrected chi connectivity index (χ0v) is 15.1. The van der Waals surface area contributed by atoms with E-state index in [1.165, 1.54) is 12.1 Å². The summed E-state index contributed by atoms with van der Waals surface area (Å²) in [6, 6.07) is 8.48. The van der Waals surface area contributed by atoms with Crippen LogP contribution in [0.2, 0.25) is 10.0 Å². The van der Waals surface area contributed by atoms with Crippen molar-refractivity contribution in [1.29, 1.82) is 0 Å². The van der Waals surface area contributed by atoms with Crippen LogP contribution in [0.4, 0.5) is 0 Å². The van der Waals surface area contributed by atoms with Gasteiger partial charge in [0.15, 0.2) is 5.75 Å². The molecule has 7 heteroatoms. The number of aromatic hydroxyl groups is 1. The average Bonchev–Trinajstić information content (AvgIpc) is 2.85. The molecule has 1 aromatic carbocycles. The van der Waals surface area contributed by atoms with Crippen molar-refractivity contribution in [3.05, 3.63) is 63.5 Å². The number of benzene rings is 1. The Hall–Kier alpha value is -2.50. The minimum absolute atomic E-state index is 0.106. The Bertz CT molecular complexity index is 937. The molecule has 0 bridgehead atoms. The minimum Gasteiger partial charge on any atom is -0.506 e. The van der Waals surface area contributed by atoms with Crippen LogP contribution in [-0.2, 0) is 7.05 Å². The molecule has 0 aliphatic rings. The van der Waals surface area contributed by atoms with Crippen LogP contribution in [0.3, 0.4) is 0 Å². The SMILES string of the molecule is Cc1nn(C)c(Oc2cc(O)c(Cl)cc2Cl)c1/C=C/c1ccccn1. The third-order valence-corrected chi connectivity index (χ3v) is 4.13. The molecule has 0 spiro atoms. The van der Waals surface area contributed by atoms with Gasteiger partial charge >= 0.3 is 0 Å². The fourth-order valence-corrected chi connectivity index (χ4v) is 2.73. The third-order valence-electron chi connectivity index (χ3n) is 3.53. The van der Waals surface area contributed by atoms with E-state index in [1.807, 2.05) is 37.3 Å². The van der Waals surface area contributed by atoms with Gasteiger partial charge < -0.3 is 9.84 Å². The third kappa shape index (κ3) is 3.78. The second kappa shape index (κ2) is 7.17. The Kier molecular flexibility index (Phi) is 4.97. The Morgan fingerprint density at radius 3 is 2.68 bits per heavy atom. The van der Waals surface area contributed by atoms with Gasteiger partial charge in [-0.1, -0.05) is 29.3 Å². The van der Waals surface area contributed by atoms with Crippen LogP contribution in [0.5, 0.6) is 17.4 Å². The van der Waals surface area contributed by atoms with Crippen molar-refractivity contribution in [1.82, 2.24) is 14.8 Å². The van der Waals surface area contributed by atoms with Crippen molar-refractivity contribution in [2.45, 2.75) is 6.92 Å². The van der Waals surface area contributed by atoms with Crippen LogP contribution in [-0.4, -0.2) is 19.9 Å². The van der Waals surface area contributed by atoms with Crippen molar-refractivity contribution in [3.63, 3.8) is 0 Å². The lowest BCUT2D eigenvalue weighted by Gasteiger charge is -2.10. The highest BCUT2D eigenvalue weighted by Crippen LogP contribution is 2.38. The zero-order valence-electron chi connectivity index (χ0n) is 13.6. The maximum atomic E-state index is 9.78. The van der Waals surface area contributed by atoms with Crippen LogP contribution in [0.25, 0.3) is 12.2 Å². The van der Waals surface area contributed by atoms with Crippen LogP contribution < -0.4 is 4.74 Å². The molecule has 2 heterocycles.